The van der Waals surface area contributed by atoms with Gasteiger partial charge in [-0.3, -0.25) is 4.98 Å². The molecule has 0 bridgehead atoms. The second-order valence-corrected chi connectivity index (χ2v) is 5.31. The fraction of sp³-hybridized carbons (Fsp3) is 0.267. The summed E-state index contributed by atoms with van der Waals surface area (Å²) < 4.78 is 6.90. The largest absolute Gasteiger partial charge is 0.487 e. The van der Waals surface area contributed by atoms with Crippen molar-refractivity contribution in [3.63, 3.8) is 0 Å². The predicted octanol–water partition coefficient (Wildman–Crippen LogP) is 3.50. The van der Waals surface area contributed by atoms with E-state index in [1.165, 1.54) is 11.1 Å². The maximum absolute atomic E-state index is 5.77. The Labute approximate surface area is 121 Å². The van der Waals surface area contributed by atoms with Gasteiger partial charge in [-0.25, -0.2) is 0 Å². The summed E-state index contributed by atoms with van der Waals surface area (Å²) in [6, 6.07) is 7.96. The normalized spacial score (nSPS) is 10.5. The average molecular weight is 321 g/mol. The Morgan fingerprint density at radius 1 is 1.21 bits per heavy atom. The van der Waals surface area contributed by atoms with E-state index in [1.54, 1.807) is 6.20 Å². The second kappa shape index (κ2) is 6.17. The molecule has 0 radical (unpaired) electrons. The van der Waals surface area contributed by atoms with Crippen LogP contribution in [0.25, 0.3) is 0 Å². The van der Waals surface area contributed by atoms with E-state index in [4.69, 9.17) is 10.5 Å². The highest BCUT2D eigenvalue weighted by molar-refractivity contribution is 9.10. The lowest BCUT2D eigenvalue weighted by atomic mass is 10.1. The van der Waals surface area contributed by atoms with E-state index in [2.05, 4.69) is 34.8 Å². The van der Waals surface area contributed by atoms with Crippen molar-refractivity contribution in [1.82, 2.24) is 4.98 Å². The van der Waals surface area contributed by atoms with Crippen LogP contribution in [0.15, 0.2) is 34.9 Å². The molecule has 1 aromatic carbocycles. The van der Waals surface area contributed by atoms with E-state index in [9.17, 15) is 0 Å². The lowest BCUT2D eigenvalue weighted by Gasteiger charge is -2.10. The molecule has 0 fully saturated rings. The van der Waals surface area contributed by atoms with E-state index in [0.29, 0.717) is 13.2 Å². The number of hydrogen-bond donors (Lipinski definition) is 1. The summed E-state index contributed by atoms with van der Waals surface area (Å²) in [4.78, 5) is 4.31. The lowest BCUT2D eigenvalue weighted by molar-refractivity contribution is 0.301. The van der Waals surface area contributed by atoms with E-state index in [0.717, 1.165) is 21.5 Å². The zero-order chi connectivity index (χ0) is 13.8. The number of pyridine rings is 1. The maximum Gasteiger partial charge on any atom is 0.130 e. The van der Waals surface area contributed by atoms with Gasteiger partial charge in [0, 0.05) is 17.2 Å². The average Bonchev–Trinajstić information content (AvgIpc) is 2.43. The van der Waals surface area contributed by atoms with Crippen molar-refractivity contribution in [1.29, 1.82) is 0 Å². The van der Waals surface area contributed by atoms with Gasteiger partial charge in [0.1, 0.15) is 12.4 Å². The topological polar surface area (TPSA) is 48.1 Å². The van der Waals surface area contributed by atoms with Crippen LogP contribution < -0.4 is 10.5 Å². The summed E-state index contributed by atoms with van der Waals surface area (Å²) in [6.45, 7) is 5.08. The zero-order valence-electron chi connectivity index (χ0n) is 11.1. The van der Waals surface area contributed by atoms with Gasteiger partial charge in [0.2, 0.25) is 0 Å². The number of aromatic nitrogens is 1. The van der Waals surface area contributed by atoms with Gasteiger partial charge < -0.3 is 10.5 Å². The van der Waals surface area contributed by atoms with Crippen molar-refractivity contribution in [3.05, 3.63) is 57.3 Å². The molecule has 3 nitrogen and oxygen atoms in total. The molecule has 0 saturated heterocycles. The molecule has 0 aliphatic carbocycles. The molecule has 2 rings (SSSR count). The Morgan fingerprint density at radius 3 is 2.42 bits per heavy atom. The third-order valence-electron chi connectivity index (χ3n) is 2.92. The molecule has 1 aromatic heterocycles. The zero-order valence-corrected chi connectivity index (χ0v) is 12.7. The van der Waals surface area contributed by atoms with Crippen molar-refractivity contribution in [2.75, 3.05) is 0 Å². The Hall–Kier alpha value is -1.39. The van der Waals surface area contributed by atoms with Crippen molar-refractivity contribution in [3.8, 4) is 5.75 Å². The van der Waals surface area contributed by atoms with E-state index in [1.807, 2.05) is 24.3 Å². The molecular weight excluding hydrogens is 304 g/mol. The highest BCUT2D eigenvalue weighted by atomic mass is 79.9. The second-order valence-electron chi connectivity index (χ2n) is 4.52. The number of nitrogens with two attached hydrogens (primary N) is 1. The molecule has 0 aliphatic rings. The van der Waals surface area contributed by atoms with Gasteiger partial charge in [-0.05, 0) is 48.7 Å². The highest BCUT2D eigenvalue weighted by Gasteiger charge is 2.04. The third-order valence-corrected chi connectivity index (χ3v) is 4.17. The Bertz CT molecular complexity index is 544. The number of hydrogen-bond acceptors (Lipinski definition) is 3. The van der Waals surface area contributed by atoms with Crippen molar-refractivity contribution in [2.24, 2.45) is 5.73 Å². The van der Waals surface area contributed by atoms with Crippen LogP contribution in [0.4, 0.5) is 0 Å². The van der Waals surface area contributed by atoms with Gasteiger partial charge >= 0.3 is 0 Å². The summed E-state index contributed by atoms with van der Waals surface area (Å²) in [7, 11) is 0. The number of nitrogens with zero attached hydrogens (tertiary/aromatic N) is 1. The third kappa shape index (κ3) is 3.55. The van der Waals surface area contributed by atoms with Crippen LogP contribution in [-0.2, 0) is 13.2 Å². The smallest absolute Gasteiger partial charge is 0.130 e. The van der Waals surface area contributed by atoms with Crippen molar-refractivity contribution >= 4 is 15.9 Å². The van der Waals surface area contributed by atoms with E-state index in [-0.39, 0.29) is 0 Å². The summed E-state index contributed by atoms with van der Waals surface area (Å²) in [6.07, 6.45) is 1.79. The van der Waals surface area contributed by atoms with Crippen LogP contribution in [-0.4, -0.2) is 4.98 Å². The Kier molecular flexibility index (Phi) is 4.56. The molecule has 100 valence electrons. The minimum absolute atomic E-state index is 0.464. The first kappa shape index (κ1) is 14.0. The van der Waals surface area contributed by atoms with Crippen LogP contribution in [0.2, 0.25) is 0 Å². The number of ether oxygens (including phenoxy) is 1. The molecule has 0 spiro atoms. The molecule has 0 saturated carbocycles. The molecule has 4 heteroatoms. The van der Waals surface area contributed by atoms with Gasteiger partial charge in [0.25, 0.3) is 0 Å². The molecule has 0 amide bonds. The summed E-state index contributed by atoms with van der Waals surface area (Å²) in [5.74, 6) is 0.864. The Balaban J connectivity index is 2.05. The first-order valence-corrected chi connectivity index (χ1v) is 6.93. The van der Waals surface area contributed by atoms with Gasteiger partial charge in [0.05, 0.1) is 5.69 Å². The molecular formula is C15H17BrN2O. The van der Waals surface area contributed by atoms with Gasteiger partial charge in [0.15, 0.2) is 0 Å². The minimum atomic E-state index is 0.464. The van der Waals surface area contributed by atoms with Gasteiger partial charge in [-0.1, -0.05) is 22.0 Å². The first-order chi connectivity index (χ1) is 9.10. The number of rotatable bonds is 4. The lowest BCUT2D eigenvalue weighted by Crippen LogP contribution is -2.01. The molecule has 0 aliphatic heterocycles. The number of benzene rings is 1. The molecule has 0 unspecified atom stereocenters. The standard InChI is InChI=1S/C15H17BrN2O/c1-10-5-14(6-11(2)15(10)16)19-9-13-4-3-12(7-17)8-18-13/h3-6,8H,7,9,17H2,1-2H3. The fourth-order valence-electron chi connectivity index (χ4n) is 1.81. The molecule has 2 aromatic rings. The summed E-state index contributed by atoms with van der Waals surface area (Å²) in [5.41, 5.74) is 9.80. The first-order valence-electron chi connectivity index (χ1n) is 6.13. The molecule has 19 heavy (non-hydrogen) atoms. The van der Waals surface area contributed by atoms with Crippen molar-refractivity contribution in [2.45, 2.75) is 27.0 Å². The molecule has 2 N–H and O–H groups in total. The molecule has 0 atom stereocenters. The fourth-order valence-corrected chi connectivity index (χ4v) is 2.04. The predicted molar refractivity (Wildman–Crippen MR) is 80.1 cm³/mol. The SMILES string of the molecule is Cc1cc(OCc2ccc(CN)cn2)cc(C)c1Br. The monoisotopic (exact) mass is 320 g/mol. The summed E-state index contributed by atoms with van der Waals surface area (Å²) >= 11 is 3.55. The highest BCUT2D eigenvalue weighted by Crippen LogP contribution is 2.26. The van der Waals surface area contributed by atoms with Crippen LogP contribution in [0, 0.1) is 13.8 Å². The van der Waals surface area contributed by atoms with Crippen LogP contribution in [0.5, 0.6) is 5.75 Å². The Morgan fingerprint density at radius 2 is 1.89 bits per heavy atom. The number of halogens is 1. The molecule has 1 heterocycles. The minimum Gasteiger partial charge on any atom is -0.487 e. The van der Waals surface area contributed by atoms with Crippen molar-refractivity contribution < 1.29 is 4.74 Å². The van der Waals surface area contributed by atoms with Crippen LogP contribution in [0.3, 0.4) is 0 Å². The van der Waals surface area contributed by atoms with E-state index >= 15 is 0 Å². The maximum atomic E-state index is 5.77. The van der Waals surface area contributed by atoms with Crippen LogP contribution in [0.1, 0.15) is 22.4 Å². The number of aryl methyl sites for hydroxylation is 2. The van der Waals surface area contributed by atoms with Gasteiger partial charge in [-0.15, -0.1) is 0 Å². The van der Waals surface area contributed by atoms with Crippen LogP contribution >= 0.6 is 15.9 Å². The summed E-state index contributed by atoms with van der Waals surface area (Å²) in [5, 5.41) is 0. The van der Waals surface area contributed by atoms with Gasteiger partial charge in [-0.2, -0.15) is 0 Å². The van der Waals surface area contributed by atoms with E-state index < -0.39 is 0 Å². The quantitative estimate of drug-likeness (QED) is 0.937.